The van der Waals surface area contributed by atoms with Crippen LogP contribution in [0.1, 0.15) is 18.4 Å². The highest BCUT2D eigenvalue weighted by Crippen LogP contribution is 2.53. The van der Waals surface area contributed by atoms with Gasteiger partial charge in [-0.1, -0.05) is 19.1 Å². The van der Waals surface area contributed by atoms with Gasteiger partial charge in [-0.05, 0) is 17.7 Å². The first-order chi connectivity index (χ1) is 8.36. The molecule has 0 spiro atoms. The minimum Gasteiger partial charge on any atom is -0.312 e. The fraction of sp³-hybridized carbons (Fsp3) is 0.417. The van der Waals surface area contributed by atoms with Crippen LogP contribution in [0, 0.1) is 17.1 Å². The molecule has 1 aliphatic rings. The van der Waals surface area contributed by atoms with E-state index in [1.807, 2.05) is 6.07 Å². The van der Waals surface area contributed by atoms with Crippen molar-refractivity contribution in [1.29, 1.82) is 5.26 Å². The first-order valence-corrected chi connectivity index (χ1v) is 7.25. The van der Waals surface area contributed by atoms with Gasteiger partial charge in [-0.25, -0.2) is 12.8 Å². The molecule has 1 aromatic rings. The number of nitriles is 1. The average Bonchev–Trinajstić information content (AvgIpc) is 2.98. The number of nitrogens with zero attached hydrogens (tertiary/aromatic N) is 1. The van der Waals surface area contributed by atoms with Crippen LogP contribution in [0.4, 0.5) is 4.39 Å². The van der Waals surface area contributed by atoms with E-state index in [0.29, 0.717) is 5.56 Å². The van der Waals surface area contributed by atoms with Crippen LogP contribution in [-0.2, 0) is 9.84 Å². The molecule has 0 heterocycles. The first kappa shape index (κ1) is 13.0. The highest BCUT2D eigenvalue weighted by Gasteiger charge is 2.69. The van der Waals surface area contributed by atoms with Gasteiger partial charge in [-0.15, -0.1) is 0 Å². The molecule has 0 bridgehead atoms. The molecule has 18 heavy (non-hydrogen) atoms. The lowest BCUT2D eigenvalue weighted by molar-refractivity contribution is 0.593. The zero-order chi connectivity index (χ0) is 13.6. The summed E-state index contributed by atoms with van der Waals surface area (Å²) in [4.78, 5) is 0. The van der Waals surface area contributed by atoms with Gasteiger partial charge in [0.15, 0.2) is 9.84 Å². The number of sulfone groups is 1. The standard InChI is InChI=1S/C12H13FN2O2S/c1-2-18(16,17)11-10(12(11,15)7-14)8-4-3-5-9(13)6-8/h3-6,10-11H,2,15H2,1H3/t10-,11-,12-/m1/s1. The second-order valence-electron chi connectivity index (χ2n) is 4.45. The molecule has 0 aliphatic heterocycles. The number of benzene rings is 1. The largest absolute Gasteiger partial charge is 0.312 e. The smallest absolute Gasteiger partial charge is 0.156 e. The molecule has 0 saturated heterocycles. The molecule has 96 valence electrons. The van der Waals surface area contributed by atoms with E-state index in [1.165, 1.54) is 25.1 Å². The van der Waals surface area contributed by atoms with Crippen molar-refractivity contribution in [2.24, 2.45) is 5.73 Å². The van der Waals surface area contributed by atoms with Gasteiger partial charge >= 0.3 is 0 Å². The van der Waals surface area contributed by atoms with E-state index in [1.54, 1.807) is 6.07 Å². The van der Waals surface area contributed by atoms with Crippen molar-refractivity contribution in [2.75, 3.05) is 5.75 Å². The third-order valence-corrected chi connectivity index (χ3v) is 5.61. The Morgan fingerprint density at radius 3 is 2.72 bits per heavy atom. The average molecular weight is 268 g/mol. The molecule has 1 fully saturated rings. The second kappa shape index (κ2) is 4.04. The number of hydrogen-bond acceptors (Lipinski definition) is 4. The van der Waals surface area contributed by atoms with Crippen LogP contribution in [-0.4, -0.2) is 25.0 Å². The van der Waals surface area contributed by atoms with Crippen LogP contribution in [0.2, 0.25) is 0 Å². The van der Waals surface area contributed by atoms with E-state index in [9.17, 15) is 12.8 Å². The van der Waals surface area contributed by atoms with Gasteiger partial charge in [0, 0.05) is 11.7 Å². The van der Waals surface area contributed by atoms with Gasteiger partial charge in [0.2, 0.25) is 0 Å². The lowest BCUT2D eigenvalue weighted by Gasteiger charge is -2.00. The monoisotopic (exact) mass is 268 g/mol. The normalized spacial score (nSPS) is 30.8. The van der Waals surface area contributed by atoms with Crippen molar-refractivity contribution in [3.8, 4) is 6.07 Å². The van der Waals surface area contributed by atoms with Gasteiger partial charge in [-0.3, -0.25) is 0 Å². The lowest BCUT2D eigenvalue weighted by atomic mass is 10.1. The summed E-state index contributed by atoms with van der Waals surface area (Å²) in [6.07, 6.45) is 0. The third-order valence-electron chi connectivity index (χ3n) is 3.37. The molecule has 3 atom stereocenters. The van der Waals surface area contributed by atoms with Gasteiger partial charge in [0.05, 0.1) is 6.07 Å². The molecular formula is C12H13FN2O2S. The topological polar surface area (TPSA) is 83.9 Å². The first-order valence-electron chi connectivity index (χ1n) is 5.54. The summed E-state index contributed by atoms with van der Waals surface area (Å²) in [5.74, 6) is -1.19. The third kappa shape index (κ3) is 1.80. The van der Waals surface area contributed by atoms with E-state index in [2.05, 4.69) is 0 Å². The zero-order valence-corrected chi connectivity index (χ0v) is 10.6. The molecule has 2 N–H and O–H groups in total. The van der Waals surface area contributed by atoms with Crippen LogP contribution >= 0.6 is 0 Å². The SMILES string of the molecule is CCS(=O)(=O)[C@@H]1[C@@H](c2cccc(F)c2)[C@]1(N)C#N. The van der Waals surface area contributed by atoms with Crippen molar-refractivity contribution in [1.82, 2.24) is 0 Å². The zero-order valence-electron chi connectivity index (χ0n) is 9.80. The Bertz CT molecular complexity index is 623. The van der Waals surface area contributed by atoms with Gasteiger partial charge in [0.1, 0.15) is 16.6 Å². The summed E-state index contributed by atoms with van der Waals surface area (Å²) >= 11 is 0. The number of halogens is 1. The summed E-state index contributed by atoms with van der Waals surface area (Å²) in [5.41, 5.74) is 4.83. The second-order valence-corrected chi connectivity index (χ2v) is 6.86. The predicted molar refractivity (Wildman–Crippen MR) is 64.9 cm³/mol. The molecule has 1 aromatic carbocycles. The minimum atomic E-state index is -3.42. The van der Waals surface area contributed by atoms with Crippen molar-refractivity contribution in [2.45, 2.75) is 23.6 Å². The molecule has 0 radical (unpaired) electrons. The van der Waals surface area contributed by atoms with Gasteiger partial charge in [-0.2, -0.15) is 5.26 Å². The summed E-state index contributed by atoms with van der Waals surface area (Å²) in [5, 5.41) is 8.12. The van der Waals surface area contributed by atoms with Crippen LogP contribution in [0.5, 0.6) is 0 Å². The number of nitrogens with two attached hydrogens (primary N) is 1. The van der Waals surface area contributed by atoms with E-state index < -0.39 is 32.4 Å². The Labute approximate surface area is 105 Å². The van der Waals surface area contributed by atoms with Crippen LogP contribution < -0.4 is 5.73 Å². The molecule has 1 saturated carbocycles. The molecule has 0 unspecified atom stereocenters. The fourth-order valence-corrected chi connectivity index (χ4v) is 4.21. The van der Waals surface area contributed by atoms with Crippen LogP contribution in [0.25, 0.3) is 0 Å². The maximum atomic E-state index is 13.1. The predicted octanol–water partition coefficient (Wildman–Crippen LogP) is 0.947. The lowest BCUT2D eigenvalue weighted by Crippen LogP contribution is -2.29. The van der Waals surface area contributed by atoms with Gasteiger partial charge in [0.25, 0.3) is 0 Å². The maximum absolute atomic E-state index is 13.1. The van der Waals surface area contributed by atoms with E-state index >= 15 is 0 Å². The summed E-state index contributed by atoms with van der Waals surface area (Å²) in [6.45, 7) is 1.51. The van der Waals surface area contributed by atoms with Gasteiger partial charge < -0.3 is 5.73 Å². The molecular weight excluding hydrogens is 255 g/mol. The Morgan fingerprint density at radius 2 is 2.22 bits per heavy atom. The fourth-order valence-electron chi connectivity index (χ4n) is 2.34. The molecule has 0 aromatic heterocycles. The van der Waals surface area contributed by atoms with Crippen molar-refractivity contribution in [3.63, 3.8) is 0 Å². The molecule has 1 aliphatic carbocycles. The number of hydrogen-bond donors (Lipinski definition) is 1. The van der Waals surface area contributed by atoms with Crippen molar-refractivity contribution < 1.29 is 12.8 Å². The molecule has 0 amide bonds. The van der Waals surface area contributed by atoms with Crippen molar-refractivity contribution in [3.05, 3.63) is 35.6 Å². The van der Waals surface area contributed by atoms with E-state index in [-0.39, 0.29) is 5.75 Å². The Hall–Kier alpha value is -1.45. The highest BCUT2D eigenvalue weighted by molar-refractivity contribution is 7.92. The maximum Gasteiger partial charge on any atom is 0.156 e. The Balaban J connectivity index is 2.45. The molecule has 4 nitrogen and oxygen atoms in total. The van der Waals surface area contributed by atoms with Crippen LogP contribution in [0.3, 0.4) is 0 Å². The Morgan fingerprint density at radius 1 is 1.56 bits per heavy atom. The van der Waals surface area contributed by atoms with E-state index in [0.717, 1.165) is 0 Å². The Kier molecular flexibility index (Phi) is 2.92. The van der Waals surface area contributed by atoms with Crippen molar-refractivity contribution >= 4 is 9.84 Å². The molecule has 6 heteroatoms. The number of rotatable bonds is 3. The molecule has 2 rings (SSSR count). The van der Waals surface area contributed by atoms with Crippen LogP contribution in [0.15, 0.2) is 24.3 Å². The highest BCUT2D eigenvalue weighted by atomic mass is 32.2. The summed E-state index contributed by atoms with van der Waals surface area (Å²) in [6, 6.07) is 7.42. The minimum absolute atomic E-state index is 0.0793. The quantitative estimate of drug-likeness (QED) is 0.884. The summed E-state index contributed by atoms with van der Waals surface area (Å²) in [7, 11) is -3.42. The summed E-state index contributed by atoms with van der Waals surface area (Å²) < 4.78 is 36.9. The van der Waals surface area contributed by atoms with E-state index in [4.69, 9.17) is 11.0 Å².